The summed E-state index contributed by atoms with van der Waals surface area (Å²) in [5, 5.41) is 12.1. The lowest BCUT2D eigenvalue weighted by atomic mass is 9.85. The van der Waals surface area contributed by atoms with E-state index in [2.05, 4.69) is 5.32 Å². The summed E-state index contributed by atoms with van der Waals surface area (Å²) in [5.74, 6) is -0.935. The first kappa shape index (κ1) is 15.0. The fourth-order valence-corrected chi connectivity index (χ4v) is 3.24. The summed E-state index contributed by atoms with van der Waals surface area (Å²) >= 11 is 0. The molecule has 2 bridgehead atoms. The molecule has 2 aliphatic heterocycles. The Bertz CT molecular complexity index is 593. The fourth-order valence-electron chi connectivity index (χ4n) is 3.24. The van der Waals surface area contributed by atoms with E-state index in [9.17, 15) is 14.7 Å². The van der Waals surface area contributed by atoms with Crippen LogP contribution in [0.3, 0.4) is 0 Å². The van der Waals surface area contributed by atoms with Crippen LogP contribution in [0, 0.1) is 5.92 Å². The summed E-state index contributed by atoms with van der Waals surface area (Å²) in [4.78, 5) is 23.6. The zero-order valence-electron chi connectivity index (χ0n) is 12.8. The quantitative estimate of drug-likeness (QED) is 0.896. The van der Waals surface area contributed by atoms with Gasteiger partial charge >= 0.3 is 5.97 Å². The molecule has 2 fully saturated rings. The lowest BCUT2D eigenvalue weighted by molar-refractivity contribution is -0.142. The number of anilines is 1. The zero-order chi connectivity index (χ0) is 15.9. The van der Waals surface area contributed by atoms with Gasteiger partial charge in [-0.15, -0.1) is 0 Å². The second-order valence-corrected chi connectivity index (χ2v) is 6.71. The van der Waals surface area contributed by atoms with Gasteiger partial charge in [-0.2, -0.15) is 0 Å². The summed E-state index contributed by atoms with van der Waals surface area (Å²) in [6, 6.07) is 7.01. The fraction of sp³-hybridized carbons (Fsp3) is 0.529. The van der Waals surface area contributed by atoms with E-state index in [1.807, 2.05) is 0 Å². The first-order valence-corrected chi connectivity index (χ1v) is 7.68. The number of hydrogen-bond donors (Lipinski definition) is 2. The van der Waals surface area contributed by atoms with Gasteiger partial charge in [0.25, 0.3) is 0 Å². The Morgan fingerprint density at radius 1 is 1.23 bits per heavy atom. The van der Waals surface area contributed by atoms with E-state index >= 15 is 0 Å². The number of amides is 1. The maximum absolute atomic E-state index is 12.3. The van der Waals surface area contributed by atoms with E-state index < -0.39 is 11.4 Å². The van der Waals surface area contributed by atoms with Gasteiger partial charge in [0.15, 0.2) is 0 Å². The second-order valence-electron chi connectivity index (χ2n) is 6.71. The number of aliphatic carboxylic acids is 1. The number of benzene rings is 1. The van der Waals surface area contributed by atoms with Crippen LogP contribution >= 0.6 is 0 Å². The molecule has 2 saturated heterocycles. The molecule has 2 N–H and O–H groups in total. The van der Waals surface area contributed by atoms with Crippen molar-refractivity contribution in [1.29, 1.82) is 0 Å². The highest BCUT2D eigenvalue weighted by Crippen LogP contribution is 2.39. The number of carbonyl (C=O) groups is 2. The number of ether oxygens (including phenoxy) is 1. The van der Waals surface area contributed by atoms with Crippen molar-refractivity contribution in [3.05, 3.63) is 29.8 Å². The van der Waals surface area contributed by atoms with Crippen molar-refractivity contribution in [1.82, 2.24) is 0 Å². The van der Waals surface area contributed by atoms with Gasteiger partial charge in [-0.25, -0.2) is 0 Å². The van der Waals surface area contributed by atoms with Gasteiger partial charge in [0, 0.05) is 5.69 Å². The summed E-state index contributed by atoms with van der Waals surface area (Å²) in [6.45, 7) is 3.32. The highest BCUT2D eigenvalue weighted by molar-refractivity contribution is 5.93. The lowest BCUT2D eigenvalue weighted by Gasteiger charge is -2.21. The number of hydrogen-bond acceptors (Lipinski definition) is 3. The molecule has 2 heterocycles. The smallest absolute Gasteiger partial charge is 0.313 e. The van der Waals surface area contributed by atoms with Crippen molar-refractivity contribution in [2.75, 3.05) is 5.32 Å². The van der Waals surface area contributed by atoms with Crippen LogP contribution in [-0.2, 0) is 19.7 Å². The van der Waals surface area contributed by atoms with E-state index in [1.165, 1.54) is 0 Å². The summed E-state index contributed by atoms with van der Waals surface area (Å²) in [5.41, 5.74) is 0.458. The first-order chi connectivity index (χ1) is 10.4. The molecule has 0 saturated carbocycles. The van der Waals surface area contributed by atoms with Gasteiger partial charge < -0.3 is 15.2 Å². The summed E-state index contributed by atoms with van der Waals surface area (Å²) in [6.07, 6.45) is 3.15. The van der Waals surface area contributed by atoms with E-state index in [0.29, 0.717) is 11.3 Å². The maximum atomic E-state index is 12.3. The maximum Gasteiger partial charge on any atom is 0.313 e. The number of carboxylic acid groups (broad SMARTS) is 1. The van der Waals surface area contributed by atoms with Crippen molar-refractivity contribution in [2.24, 2.45) is 5.92 Å². The highest BCUT2D eigenvalue weighted by Gasteiger charge is 2.44. The van der Waals surface area contributed by atoms with Crippen LogP contribution in [0.1, 0.15) is 38.7 Å². The number of carboxylic acids is 1. The van der Waals surface area contributed by atoms with Gasteiger partial charge in [-0.3, -0.25) is 9.59 Å². The van der Waals surface area contributed by atoms with Gasteiger partial charge in [0.1, 0.15) is 0 Å². The molecular formula is C17H21NO4. The minimum absolute atomic E-state index is 0.00237. The Morgan fingerprint density at radius 2 is 1.91 bits per heavy atom. The Morgan fingerprint density at radius 3 is 2.41 bits per heavy atom. The lowest BCUT2D eigenvalue weighted by Crippen LogP contribution is -2.30. The minimum atomic E-state index is -0.943. The predicted molar refractivity (Wildman–Crippen MR) is 81.7 cm³/mol. The minimum Gasteiger partial charge on any atom is -0.481 e. The third-order valence-electron chi connectivity index (χ3n) is 4.85. The number of rotatable bonds is 4. The molecule has 5 nitrogen and oxygen atoms in total. The largest absolute Gasteiger partial charge is 0.481 e. The molecule has 0 radical (unpaired) electrons. The molecule has 3 unspecified atom stereocenters. The average Bonchev–Trinajstić information content (AvgIpc) is 3.10. The van der Waals surface area contributed by atoms with Crippen LogP contribution in [-0.4, -0.2) is 29.2 Å². The molecule has 3 rings (SSSR count). The standard InChI is InChI=1S/C17H21NO4/c1-17(2,16(20)21)10-3-5-11(6-4-10)18-15(19)13-9-12-7-8-14(13)22-12/h3-6,12-14H,7-9H2,1-2H3,(H,18,19)(H,20,21). The Kier molecular flexibility index (Phi) is 3.68. The first-order valence-electron chi connectivity index (χ1n) is 7.68. The normalized spacial score (nSPS) is 26.9. The summed E-state index contributed by atoms with van der Waals surface area (Å²) < 4.78 is 5.71. The highest BCUT2D eigenvalue weighted by atomic mass is 16.5. The van der Waals surface area contributed by atoms with E-state index in [-0.39, 0.29) is 24.0 Å². The Balaban J connectivity index is 1.66. The topological polar surface area (TPSA) is 75.6 Å². The van der Waals surface area contributed by atoms with Crippen LogP contribution in [0.5, 0.6) is 0 Å². The van der Waals surface area contributed by atoms with Crippen molar-refractivity contribution >= 4 is 17.6 Å². The van der Waals surface area contributed by atoms with E-state index in [1.54, 1.807) is 38.1 Å². The van der Waals surface area contributed by atoms with E-state index in [0.717, 1.165) is 19.3 Å². The number of fused-ring (bicyclic) bond motifs is 2. The molecular weight excluding hydrogens is 282 g/mol. The predicted octanol–water partition coefficient (Wildman–Crippen LogP) is 2.55. The van der Waals surface area contributed by atoms with Crippen molar-refractivity contribution < 1.29 is 19.4 Å². The molecule has 1 aromatic carbocycles. The van der Waals surface area contributed by atoms with Gasteiger partial charge in [0.05, 0.1) is 23.5 Å². The molecule has 2 aliphatic rings. The molecule has 1 aromatic rings. The molecule has 3 atom stereocenters. The van der Waals surface area contributed by atoms with Gasteiger partial charge in [-0.05, 0) is 50.8 Å². The van der Waals surface area contributed by atoms with Gasteiger partial charge in [0.2, 0.25) is 5.91 Å². The van der Waals surface area contributed by atoms with Crippen molar-refractivity contribution in [2.45, 2.75) is 50.7 Å². The van der Waals surface area contributed by atoms with Crippen LogP contribution in [0.4, 0.5) is 5.69 Å². The molecule has 0 spiro atoms. The molecule has 0 aromatic heterocycles. The number of carbonyl (C=O) groups excluding carboxylic acids is 1. The summed E-state index contributed by atoms with van der Waals surface area (Å²) in [7, 11) is 0. The van der Waals surface area contributed by atoms with Gasteiger partial charge in [-0.1, -0.05) is 12.1 Å². The van der Waals surface area contributed by atoms with Crippen LogP contribution in [0.25, 0.3) is 0 Å². The third kappa shape index (κ3) is 2.61. The van der Waals surface area contributed by atoms with E-state index in [4.69, 9.17) is 4.74 Å². The second kappa shape index (κ2) is 5.39. The monoisotopic (exact) mass is 303 g/mol. The Hall–Kier alpha value is -1.88. The molecule has 22 heavy (non-hydrogen) atoms. The van der Waals surface area contributed by atoms with Crippen LogP contribution < -0.4 is 5.32 Å². The zero-order valence-corrected chi connectivity index (χ0v) is 12.8. The molecule has 1 amide bonds. The third-order valence-corrected chi connectivity index (χ3v) is 4.85. The van der Waals surface area contributed by atoms with Crippen molar-refractivity contribution in [3.63, 3.8) is 0 Å². The molecule has 0 aliphatic carbocycles. The Labute approximate surface area is 129 Å². The van der Waals surface area contributed by atoms with Crippen molar-refractivity contribution in [3.8, 4) is 0 Å². The molecule has 118 valence electrons. The van der Waals surface area contributed by atoms with Crippen LogP contribution in [0.15, 0.2) is 24.3 Å². The SMILES string of the molecule is CC(C)(C(=O)O)c1ccc(NC(=O)C2CC3CCC2O3)cc1. The van der Waals surface area contributed by atoms with Crippen LogP contribution in [0.2, 0.25) is 0 Å². The molecule has 5 heteroatoms. The average molecular weight is 303 g/mol. The number of nitrogens with one attached hydrogen (secondary N) is 1.